The van der Waals surface area contributed by atoms with Gasteiger partial charge < -0.3 is 0 Å². The number of hydrogen-bond acceptors (Lipinski definition) is 3. The largest absolute Gasteiger partial charge is 0.298 e. The van der Waals surface area contributed by atoms with Gasteiger partial charge in [0.2, 0.25) is 0 Å². The molecule has 0 aromatic heterocycles. The minimum atomic E-state index is -0.406. The van der Waals surface area contributed by atoms with E-state index in [9.17, 15) is 14.4 Å². The SMILES string of the molecule is O=Cc1cc(Br)ccc1N1C(=O)c2ccccc2C1=O. The zero-order chi connectivity index (χ0) is 14.3. The second-order valence-electron chi connectivity index (χ2n) is 4.31. The normalized spacial score (nSPS) is 13.6. The summed E-state index contributed by atoms with van der Waals surface area (Å²) in [4.78, 5) is 36.9. The lowest BCUT2D eigenvalue weighted by molar-refractivity contribution is 0.0926. The first-order valence-electron chi connectivity index (χ1n) is 5.86. The van der Waals surface area contributed by atoms with Crippen molar-refractivity contribution in [2.24, 2.45) is 0 Å². The number of halogens is 1. The van der Waals surface area contributed by atoms with Crippen molar-refractivity contribution in [2.45, 2.75) is 0 Å². The summed E-state index contributed by atoms with van der Waals surface area (Å²) in [6.07, 6.45) is 0.629. The Morgan fingerprint density at radius 2 is 1.55 bits per heavy atom. The summed E-state index contributed by atoms with van der Waals surface area (Å²) in [5.41, 5.74) is 1.30. The van der Waals surface area contributed by atoms with E-state index in [1.54, 1.807) is 42.5 Å². The quantitative estimate of drug-likeness (QED) is 0.628. The molecule has 1 heterocycles. The molecule has 0 aliphatic carbocycles. The van der Waals surface area contributed by atoms with Gasteiger partial charge in [0, 0.05) is 10.0 Å². The van der Waals surface area contributed by atoms with Crippen molar-refractivity contribution in [2.75, 3.05) is 4.90 Å². The molecule has 0 saturated heterocycles. The number of imide groups is 1. The van der Waals surface area contributed by atoms with Crippen molar-refractivity contribution in [1.29, 1.82) is 0 Å². The van der Waals surface area contributed by atoms with Gasteiger partial charge >= 0.3 is 0 Å². The minimum absolute atomic E-state index is 0.286. The zero-order valence-electron chi connectivity index (χ0n) is 10.2. The predicted octanol–water partition coefficient (Wildman–Crippen LogP) is 3.06. The van der Waals surface area contributed by atoms with Crippen LogP contribution in [0.15, 0.2) is 46.9 Å². The van der Waals surface area contributed by atoms with E-state index in [0.29, 0.717) is 27.6 Å². The van der Waals surface area contributed by atoms with Gasteiger partial charge in [-0.1, -0.05) is 28.1 Å². The number of hydrogen-bond donors (Lipinski definition) is 0. The van der Waals surface area contributed by atoms with Crippen LogP contribution in [0.2, 0.25) is 0 Å². The van der Waals surface area contributed by atoms with Gasteiger partial charge in [-0.25, -0.2) is 4.90 Å². The molecule has 5 heteroatoms. The van der Waals surface area contributed by atoms with Gasteiger partial charge in [0.25, 0.3) is 11.8 Å². The minimum Gasteiger partial charge on any atom is -0.298 e. The molecule has 4 nitrogen and oxygen atoms in total. The summed E-state index contributed by atoms with van der Waals surface area (Å²) >= 11 is 3.26. The summed E-state index contributed by atoms with van der Waals surface area (Å²) in [6, 6.07) is 11.5. The Morgan fingerprint density at radius 1 is 0.950 bits per heavy atom. The molecule has 3 rings (SSSR count). The Balaban J connectivity index is 2.16. The van der Waals surface area contributed by atoms with E-state index in [1.165, 1.54) is 0 Å². The van der Waals surface area contributed by atoms with Crippen LogP contribution in [0.1, 0.15) is 31.1 Å². The molecule has 0 N–H and O–H groups in total. The number of carbonyl (C=O) groups excluding carboxylic acids is 3. The Labute approximate surface area is 123 Å². The van der Waals surface area contributed by atoms with Crippen LogP contribution in [0.4, 0.5) is 5.69 Å². The Bertz CT molecular complexity index is 720. The van der Waals surface area contributed by atoms with Crippen LogP contribution in [0.3, 0.4) is 0 Å². The first kappa shape index (κ1) is 12.7. The number of benzene rings is 2. The van der Waals surface area contributed by atoms with Gasteiger partial charge in [0.15, 0.2) is 6.29 Å². The highest BCUT2D eigenvalue weighted by atomic mass is 79.9. The van der Waals surface area contributed by atoms with Gasteiger partial charge in [-0.2, -0.15) is 0 Å². The molecule has 1 aliphatic rings. The molecule has 2 aromatic rings. The first-order valence-corrected chi connectivity index (χ1v) is 6.65. The van der Waals surface area contributed by atoms with Crippen molar-refractivity contribution in [3.05, 3.63) is 63.6 Å². The number of rotatable bonds is 2. The highest BCUT2D eigenvalue weighted by Gasteiger charge is 2.37. The molecule has 2 amide bonds. The molecule has 0 radical (unpaired) electrons. The van der Waals surface area contributed by atoms with Crippen LogP contribution in [0, 0.1) is 0 Å². The number of aldehydes is 1. The number of carbonyl (C=O) groups is 3. The Hall–Kier alpha value is -2.27. The highest BCUT2D eigenvalue weighted by Crippen LogP contribution is 2.31. The molecule has 0 saturated carbocycles. The van der Waals surface area contributed by atoms with Gasteiger partial charge in [-0.05, 0) is 30.3 Å². The van der Waals surface area contributed by atoms with Crippen molar-refractivity contribution in [1.82, 2.24) is 0 Å². The fraction of sp³-hybridized carbons (Fsp3) is 0. The van der Waals surface area contributed by atoms with Crippen LogP contribution in [-0.4, -0.2) is 18.1 Å². The number of amides is 2. The number of nitrogens with zero attached hydrogens (tertiary/aromatic N) is 1. The van der Waals surface area contributed by atoms with Gasteiger partial charge in [0.05, 0.1) is 16.8 Å². The number of fused-ring (bicyclic) bond motifs is 1. The lowest BCUT2D eigenvalue weighted by atomic mass is 10.1. The molecule has 20 heavy (non-hydrogen) atoms. The second kappa shape index (κ2) is 4.68. The van der Waals surface area contributed by atoms with Crippen LogP contribution >= 0.6 is 15.9 Å². The predicted molar refractivity (Wildman–Crippen MR) is 77.1 cm³/mol. The standard InChI is InChI=1S/C15H8BrNO3/c16-10-5-6-13(9(7-10)8-18)17-14(19)11-3-1-2-4-12(11)15(17)20/h1-8H. The average molecular weight is 330 g/mol. The third-order valence-electron chi connectivity index (χ3n) is 3.15. The Morgan fingerprint density at radius 3 is 2.10 bits per heavy atom. The lowest BCUT2D eigenvalue weighted by Crippen LogP contribution is -2.30. The molecule has 98 valence electrons. The third-order valence-corrected chi connectivity index (χ3v) is 3.64. The van der Waals surface area contributed by atoms with Gasteiger partial charge in [-0.15, -0.1) is 0 Å². The molecular formula is C15H8BrNO3. The van der Waals surface area contributed by atoms with Crippen LogP contribution in [-0.2, 0) is 0 Å². The van der Waals surface area contributed by atoms with Crippen molar-refractivity contribution in [3.63, 3.8) is 0 Å². The van der Waals surface area contributed by atoms with Crippen molar-refractivity contribution in [3.8, 4) is 0 Å². The fourth-order valence-corrected chi connectivity index (χ4v) is 2.61. The summed E-state index contributed by atoms with van der Waals surface area (Å²) in [6.45, 7) is 0. The molecule has 2 aromatic carbocycles. The molecule has 1 aliphatic heterocycles. The van der Waals surface area contributed by atoms with Gasteiger partial charge in [0.1, 0.15) is 0 Å². The summed E-state index contributed by atoms with van der Waals surface area (Å²) < 4.78 is 0.708. The average Bonchev–Trinajstić information content (AvgIpc) is 2.72. The van der Waals surface area contributed by atoms with Crippen molar-refractivity contribution < 1.29 is 14.4 Å². The molecular weight excluding hydrogens is 322 g/mol. The Kier molecular flexibility index (Phi) is 2.99. The van der Waals surface area contributed by atoms with E-state index in [2.05, 4.69) is 15.9 Å². The van der Waals surface area contributed by atoms with E-state index in [1.807, 2.05) is 0 Å². The van der Waals surface area contributed by atoms with Gasteiger partial charge in [-0.3, -0.25) is 14.4 Å². The first-order chi connectivity index (χ1) is 9.63. The summed E-state index contributed by atoms with van der Waals surface area (Å²) in [7, 11) is 0. The zero-order valence-corrected chi connectivity index (χ0v) is 11.8. The molecule has 0 spiro atoms. The third kappa shape index (κ3) is 1.78. The van der Waals surface area contributed by atoms with E-state index >= 15 is 0 Å². The van der Waals surface area contributed by atoms with E-state index in [-0.39, 0.29) is 5.56 Å². The highest BCUT2D eigenvalue weighted by molar-refractivity contribution is 9.10. The monoisotopic (exact) mass is 329 g/mol. The topological polar surface area (TPSA) is 54.5 Å². The van der Waals surface area contributed by atoms with Crippen LogP contribution in [0.5, 0.6) is 0 Å². The maximum absolute atomic E-state index is 12.3. The maximum Gasteiger partial charge on any atom is 0.266 e. The molecule has 0 fully saturated rings. The summed E-state index contributed by atoms with van der Waals surface area (Å²) in [5, 5.41) is 0. The van der Waals surface area contributed by atoms with E-state index < -0.39 is 11.8 Å². The summed E-state index contributed by atoms with van der Waals surface area (Å²) in [5.74, 6) is -0.813. The smallest absolute Gasteiger partial charge is 0.266 e. The lowest BCUT2D eigenvalue weighted by Gasteiger charge is -2.16. The van der Waals surface area contributed by atoms with Crippen LogP contribution < -0.4 is 4.90 Å². The maximum atomic E-state index is 12.3. The van der Waals surface area contributed by atoms with Crippen molar-refractivity contribution >= 4 is 39.7 Å². The fourth-order valence-electron chi connectivity index (χ4n) is 2.23. The molecule has 0 atom stereocenters. The second-order valence-corrected chi connectivity index (χ2v) is 5.23. The van der Waals surface area contributed by atoms with Crippen LogP contribution in [0.25, 0.3) is 0 Å². The number of anilines is 1. The van der Waals surface area contributed by atoms with E-state index in [0.717, 1.165) is 4.90 Å². The molecule has 0 bridgehead atoms. The van der Waals surface area contributed by atoms with E-state index in [4.69, 9.17) is 0 Å². The molecule has 0 unspecified atom stereocenters.